The number of allylic oxidation sites excluding steroid dienone is 1. The Morgan fingerprint density at radius 2 is 2.00 bits per heavy atom. The van der Waals surface area contributed by atoms with Gasteiger partial charge in [-0.3, -0.25) is 14.6 Å². The number of ketones is 1. The Morgan fingerprint density at radius 1 is 1.21 bits per heavy atom. The van der Waals surface area contributed by atoms with Gasteiger partial charge in [0.2, 0.25) is 5.43 Å². The third-order valence-electron chi connectivity index (χ3n) is 6.58. The maximum absolute atomic E-state index is 15.2. The van der Waals surface area contributed by atoms with Gasteiger partial charge in [-0.2, -0.15) is 0 Å². The van der Waals surface area contributed by atoms with Gasteiger partial charge in [-0.15, -0.1) is 0 Å². The monoisotopic (exact) mass is 446 g/mol. The number of fused-ring (bicyclic) bond motifs is 1. The lowest BCUT2D eigenvalue weighted by molar-refractivity contribution is 0.104. The minimum absolute atomic E-state index is 0.0678. The average Bonchev–Trinajstić information content (AvgIpc) is 3.69. The summed E-state index contributed by atoms with van der Waals surface area (Å²) < 4.78 is 17.2. The van der Waals surface area contributed by atoms with E-state index in [2.05, 4.69) is 21.7 Å². The van der Waals surface area contributed by atoms with Crippen molar-refractivity contribution in [2.24, 2.45) is 0 Å². The van der Waals surface area contributed by atoms with E-state index in [1.165, 1.54) is 12.1 Å². The van der Waals surface area contributed by atoms with Crippen LogP contribution in [0.15, 0.2) is 53.7 Å². The van der Waals surface area contributed by atoms with Crippen LogP contribution in [0.1, 0.15) is 41.7 Å². The predicted molar refractivity (Wildman–Crippen MR) is 128 cm³/mol. The van der Waals surface area contributed by atoms with Crippen LogP contribution in [0.5, 0.6) is 0 Å². The molecule has 0 spiro atoms. The Morgan fingerprint density at radius 3 is 2.67 bits per heavy atom. The predicted octanol–water partition coefficient (Wildman–Crippen LogP) is 3.91. The third kappa shape index (κ3) is 4.33. The molecular formula is C26H27FN4O2. The van der Waals surface area contributed by atoms with E-state index in [0.29, 0.717) is 11.2 Å². The van der Waals surface area contributed by atoms with Crippen molar-refractivity contribution in [2.75, 3.05) is 37.6 Å². The van der Waals surface area contributed by atoms with Crippen molar-refractivity contribution in [3.8, 4) is 0 Å². The van der Waals surface area contributed by atoms with E-state index in [1.807, 2.05) is 10.6 Å². The Kier molecular flexibility index (Phi) is 5.81. The molecule has 0 N–H and O–H groups in total. The number of rotatable bonds is 6. The molecule has 1 aliphatic heterocycles. The van der Waals surface area contributed by atoms with Gasteiger partial charge in [0.15, 0.2) is 5.78 Å². The van der Waals surface area contributed by atoms with E-state index in [1.54, 1.807) is 36.8 Å². The van der Waals surface area contributed by atoms with Gasteiger partial charge in [0, 0.05) is 56.2 Å². The molecule has 6 nitrogen and oxygen atoms in total. The summed E-state index contributed by atoms with van der Waals surface area (Å²) in [6.07, 6.45) is 9.95. The Labute approximate surface area is 192 Å². The van der Waals surface area contributed by atoms with Crippen molar-refractivity contribution >= 4 is 28.4 Å². The van der Waals surface area contributed by atoms with Crippen LogP contribution < -0.4 is 10.3 Å². The molecule has 0 bridgehead atoms. The number of halogens is 1. The van der Waals surface area contributed by atoms with Gasteiger partial charge in [0.05, 0.1) is 16.8 Å². The Bertz CT molecular complexity index is 1270. The summed E-state index contributed by atoms with van der Waals surface area (Å²) in [4.78, 5) is 34.6. The minimum Gasteiger partial charge on any atom is -0.367 e. The van der Waals surface area contributed by atoms with Crippen LogP contribution in [0.3, 0.4) is 0 Å². The fourth-order valence-corrected chi connectivity index (χ4v) is 4.47. The summed E-state index contributed by atoms with van der Waals surface area (Å²) in [5.74, 6) is -0.803. The summed E-state index contributed by atoms with van der Waals surface area (Å²) >= 11 is 0. The van der Waals surface area contributed by atoms with E-state index in [4.69, 9.17) is 0 Å². The number of carbonyl (C=O) groups excluding carboxylic acids is 1. The maximum atomic E-state index is 15.2. The molecule has 2 aliphatic rings. The van der Waals surface area contributed by atoms with Crippen molar-refractivity contribution in [1.29, 1.82) is 0 Å². The molecule has 5 rings (SSSR count). The SMILES string of the molecule is CCN1CCN(c2cc3c(cc2F)c(=O)c(C(=O)C=Cc2cccnc2)cn3C2CC2)CC1. The molecule has 0 radical (unpaired) electrons. The summed E-state index contributed by atoms with van der Waals surface area (Å²) in [5, 5.41) is 0.260. The van der Waals surface area contributed by atoms with Crippen LogP contribution in [-0.4, -0.2) is 53.0 Å². The van der Waals surface area contributed by atoms with E-state index >= 15 is 4.39 Å². The molecule has 1 aliphatic carbocycles. The first kappa shape index (κ1) is 21.5. The van der Waals surface area contributed by atoms with Crippen molar-refractivity contribution in [2.45, 2.75) is 25.8 Å². The minimum atomic E-state index is -0.427. The van der Waals surface area contributed by atoms with Crippen LogP contribution in [0, 0.1) is 5.82 Å². The molecule has 0 unspecified atom stereocenters. The van der Waals surface area contributed by atoms with Crippen molar-refractivity contribution in [1.82, 2.24) is 14.5 Å². The highest BCUT2D eigenvalue weighted by atomic mass is 19.1. The Balaban J connectivity index is 1.54. The van der Waals surface area contributed by atoms with E-state index in [0.717, 1.165) is 51.1 Å². The highest BCUT2D eigenvalue weighted by Crippen LogP contribution is 2.38. The second-order valence-corrected chi connectivity index (χ2v) is 8.74. The number of nitrogens with zero attached hydrogens (tertiary/aromatic N) is 4. The van der Waals surface area contributed by atoms with Crippen molar-refractivity contribution in [3.63, 3.8) is 0 Å². The first-order valence-electron chi connectivity index (χ1n) is 11.5. The van der Waals surface area contributed by atoms with Gasteiger partial charge in [0.1, 0.15) is 5.82 Å². The topological polar surface area (TPSA) is 58.4 Å². The van der Waals surface area contributed by atoms with Crippen molar-refractivity contribution < 1.29 is 9.18 Å². The van der Waals surface area contributed by atoms with E-state index < -0.39 is 11.2 Å². The Hall–Kier alpha value is -3.32. The molecule has 7 heteroatoms. The third-order valence-corrected chi connectivity index (χ3v) is 6.58. The van der Waals surface area contributed by atoms with Crippen LogP contribution >= 0.6 is 0 Å². The second kappa shape index (κ2) is 8.90. The van der Waals surface area contributed by atoms with Crippen LogP contribution in [-0.2, 0) is 0 Å². The normalized spacial score (nSPS) is 17.2. The highest BCUT2D eigenvalue weighted by molar-refractivity contribution is 6.08. The molecule has 2 fully saturated rings. The largest absolute Gasteiger partial charge is 0.367 e. The molecule has 1 saturated heterocycles. The summed E-state index contributed by atoms with van der Waals surface area (Å²) in [7, 11) is 0. The van der Waals surface area contributed by atoms with Crippen LogP contribution in [0.2, 0.25) is 0 Å². The van der Waals surface area contributed by atoms with Gasteiger partial charge in [-0.1, -0.05) is 13.0 Å². The number of pyridine rings is 2. The number of aromatic nitrogens is 2. The zero-order chi connectivity index (χ0) is 22.9. The molecule has 3 heterocycles. The first-order valence-corrected chi connectivity index (χ1v) is 11.5. The second-order valence-electron chi connectivity index (χ2n) is 8.74. The average molecular weight is 447 g/mol. The zero-order valence-electron chi connectivity index (χ0n) is 18.7. The lowest BCUT2D eigenvalue weighted by atomic mass is 10.1. The number of benzene rings is 1. The van der Waals surface area contributed by atoms with Gasteiger partial charge < -0.3 is 14.4 Å². The van der Waals surface area contributed by atoms with Gasteiger partial charge >= 0.3 is 0 Å². The highest BCUT2D eigenvalue weighted by Gasteiger charge is 2.28. The number of piperazine rings is 1. The molecule has 1 saturated carbocycles. The molecule has 3 aromatic rings. The van der Waals surface area contributed by atoms with Gasteiger partial charge in [0.25, 0.3) is 0 Å². The van der Waals surface area contributed by atoms with Gasteiger partial charge in [-0.05, 0) is 55.3 Å². The van der Waals surface area contributed by atoms with E-state index in [9.17, 15) is 9.59 Å². The smallest absolute Gasteiger partial charge is 0.200 e. The van der Waals surface area contributed by atoms with Crippen LogP contribution in [0.25, 0.3) is 17.0 Å². The molecular weight excluding hydrogens is 419 g/mol. The summed E-state index contributed by atoms with van der Waals surface area (Å²) in [5.41, 5.74) is 1.64. The van der Waals surface area contributed by atoms with Crippen LogP contribution in [0.4, 0.5) is 10.1 Å². The van der Waals surface area contributed by atoms with E-state index in [-0.39, 0.29) is 22.8 Å². The number of carbonyl (C=O) groups is 1. The summed E-state index contributed by atoms with van der Waals surface area (Å²) in [6, 6.07) is 6.96. The first-order chi connectivity index (χ1) is 16.0. The fourth-order valence-electron chi connectivity index (χ4n) is 4.47. The zero-order valence-corrected chi connectivity index (χ0v) is 18.7. The molecule has 0 atom stereocenters. The lowest BCUT2D eigenvalue weighted by Crippen LogP contribution is -2.46. The molecule has 0 amide bonds. The molecule has 33 heavy (non-hydrogen) atoms. The quantitative estimate of drug-likeness (QED) is 0.425. The number of likely N-dealkylation sites (N-methyl/N-ethyl adjacent to an activating group) is 1. The number of anilines is 1. The maximum Gasteiger partial charge on any atom is 0.200 e. The fraction of sp³-hybridized carbons (Fsp3) is 0.346. The molecule has 170 valence electrons. The summed E-state index contributed by atoms with van der Waals surface area (Å²) in [6.45, 7) is 6.40. The lowest BCUT2D eigenvalue weighted by Gasteiger charge is -2.35. The van der Waals surface area contributed by atoms with Gasteiger partial charge in [-0.25, -0.2) is 4.39 Å². The molecule has 2 aromatic heterocycles. The molecule has 1 aromatic carbocycles. The van der Waals surface area contributed by atoms with Crippen molar-refractivity contribution in [3.05, 3.63) is 76.1 Å². The standard InChI is InChI=1S/C26H27FN4O2/c1-2-29-10-12-30(13-11-29)24-15-23-20(14-22(24)27)26(33)21(17-31(23)19-6-7-19)25(32)8-5-18-4-3-9-28-16-18/h3-5,8-9,14-17,19H,2,6-7,10-13H2,1H3. The number of hydrogen-bond acceptors (Lipinski definition) is 5. The number of hydrogen-bond donors (Lipinski definition) is 0.